The highest BCUT2D eigenvalue weighted by molar-refractivity contribution is 5.82. The quantitative estimate of drug-likeness (QED) is 0.373. The number of hydrogen-bond acceptors (Lipinski definition) is 5. The molecule has 2 aliphatic heterocycles. The van der Waals surface area contributed by atoms with Crippen molar-refractivity contribution in [2.45, 2.75) is 32.6 Å². The van der Waals surface area contributed by atoms with E-state index in [1.165, 1.54) is 0 Å². The fourth-order valence-corrected chi connectivity index (χ4v) is 3.90. The Morgan fingerprint density at radius 2 is 2.03 bits per heavy atom. The molecule has 1 amide bonds. The molecule has 30 heavy (non-hydrogen) atoms. The molecule has 1 aromatic rings. The van der Waals surface area contributed by atoms with Gasteiger partial charge in [-0.3, -0.25) is 9.79 Å². The second-order valence-electron chi connectivity index (χ2n) is 7.71. The molecule has 2 aliphatic rings. The van der Waals surface area contributed by atoms with Crippen LogP contribution in [0.2, 0.25) is 0 Å². The summed E-state index contributed by atoms with van der Waals surface area (Å²) in [6.07, 6.45) is 5.16. The Balaban J connectivity index is 1.49. The molecule has 0 bridgehead atoms. The molecule has 168 valence electrons. The Labute approximate surface area is 179 Å². The SMILES string of the molecule is CCOCCCN=C(NCCc1ccco1)N1CCC(C(=O)N2CCOCC2)CC1. The van der Waals surface area contributed by atoms with Crippen LogP contribution in [-0.2, 0) is 20.7 Å². The van der Waals surface area contributed by atoms with Crippen LogP contribution in [0.1, 0.15) is 31.9 Å². The van der Waals surface area contributed by atoms with Crippen molar-refractivity contribution in [2.75, 3.05) is 65.7 Å². The highest BCUT2D eigenvalue weighted by atomic mass is 16.5. The van der Waals surface area contributed by atoms with E-state index in [9.17, 15) is 4.79 Å². The Kier molecular flexibility index (Phi) is 9.50. The number of carbonyl (C=O) groups excluding carboxylic acids is 1. The lowest BCUT2D eigenvalue weighted by atomic mass is 9.95. The average Bonchev–Trinajstić information content (AvgIpc) is 3.31. The third-order valence-corrected chi connectivity index (χ3v) is 5.61. The number of nitrogens with one attached hydrogen (secondary N) is 1. The molecule has 2 saturated heterocycles. The zero-order valence-electron chi connectivity index (χ0n) is 18.2. The first-order chi connectivity index (χ1) is 14.8. The van der Waals surface area contributed by atoms with Crippen LogP contribution in [0.25, 0.3) is 0 Å². The van der Waals surface area contributed by atoms with Crippen LogP contribution in [0.4, 0.5) is 0 Å². The highest BCUT2D eigenvalue weighted by Gasteiger charge is 2.30. The van der Waals surface area contributed by atoms with E-state index in [-0.39, 0.29) is 5.92 Å². The smallest absolute Gasteiger partial charge is 0.225 e. The summed E-state index contributed by atoms with van der Waals surface area (Å²) in [5, 5.41) is 3.49. The van der Waals surface area contributed by atoms with E-state index in [4.69, 9.17) is 18.9 Å². The van der Waals surface area contributed by atoms with Crippen LogP contribution in [0, 0.1) is 5.92 Å². The first-order valence-electron chi connectivity index (χ1n) is 11.3. The fraction of sp³-hybridized carbons (Fsp3) is 0.727. The summed E-state index contributed by atoms with van der Waals surface area (Å²) < 4.78 is 16.2. The molecule has 0 atom stereocenters. The molecule has 0 aromatic carbocycles. The molecule has 3 heterocycles. The molecule has 0 spiro atoms. The summed E-state index contributed by atoms with van der Waals surface area (Å²) in [6.45, 7) is 9.43. The number of nitrogens with zero attached hydrogens (tertiary/aromatic N) is 3. The van der Waals surface area contributed by atoms with Crippen molar-refractivity contribution >= 4 is 11.9 Å². The van der Waals surface area contributed by atoms with Crippen LogP contribution in [0.15, 0.2) is 27.8 Å². The van der Waals surface area contributed by atoms with E-state index >= 15 is 0 Å². The van der Waals surface area contributed by atoms with Gasteiger partial charge in [0.25, 0.3) is 0 Å². The summed E-state index contributed by atoms with van der Waals surface area (Å²) in [4.78, 5) is 21.8. The van der Waals surface area contributed by atoms with Gasteiger partial charge in [0.1, 0.15) is 5.76 Å². The molecule has 2 fully saturated rings. The minimum atomic E-state index is 0.113. The molecule has 3 rings (SSSR count). The predicted molar refractivity (Wildman–Crippen MR) is 116 cm³/mol. The van der Waals surface area contributed by atoms with Crippen molar-refractivity contribution in [3.8, 4) is 0 Å². The number of hydrogen-bond donors (Lipinski definition) is 1. The topological polar surface area (TPSA) is 79.5 Å². The molecule has 1 N–H and O–H groups in total. The number of piperidine rings is 1. The van der Waals surface area contributed by atoms with Crippen molar-refractivity contribution in [3.05, 3.63) is 24.2 Å². The predicted octanol–water partition coefficient (Wildman–Crippen LogP) is 1.77. The Morgan fingerprint density at radius 3 is 2.73 bits per heavy atom. The molecule has 0 aliphatic carbocycles. The second-order valence-corrected chi connectivity index (χ2v) is 7.71. The summed E-state index contributed by atoms with van der Waals surface area (Å²) in [7, 11) is 0. The van der Waals surface area contributed by atoms with Crippen molar-refractivity contribution in [3.63, 3.8) is 0 Å². The number of morpholine rings is 1. The third-order valence-electron chi connectivity index (χ3n) is 5.61. The maximum absolute atomic E-state index is 12.8. The van der Waals surface area contributed by atoms with Crippen molar-refractivity contribution in [2.24, 2.45) is 10.9 Å². The van der Waals surface area contributed by atoms with Gasteiger partial charge in [-0.1, -0.05) is 0 Å². The van der Waals surface area contributed by atoms with Crippen molar-refractivity contribution in [1.29, 1.82) is 0 Å². The lowest BCUT2D eigenvalue weighted by molar-refractivity contribution is -0.140. The molecule has 8 heteroatoms. The third kappa shape index (κ3) is 7.02. The van der Waals surface area contributed by atoms with Crippen LogP contribution in [0.3, 0.4) is 0 Å². The van der Waals surface area contributed by atoms with Gasteiger partial charge in [-0.2, -0.15) is 0 Å². The Bertz CT molecular complexity index is 636. The maximum atomic E-state index is 12.8. The van der Waals surface area contributed by atoms with E-state index < -0.39 is 0 Å². The highest BCUT2D eigenvalue weighted by Crippen LogP contribution is 2.20. The van der Waals surface area contributed by atoms with Crippen LogP contribution >= 0.6 is 0 Å². The van der Waals surface area contributed by atoms with Gasteiger partial charge in [-0.25, -0.2) is 0 Å². The second kappa shape index (κ2) is 12.6. The number of furan rings is 1. The number of guanidine groups is 1. The van der Waals surface area contributed by atoms with Gasteiger partial charge < -0.3 is 29.0 Å². The largest absolute Gasteiger partial charge is 0.469 e. The van der Waals surface area contributed by atoms with Gasteiger partial charge in [-0.05, 0) is 38.3 Å². The van der Waals surface area contributed by atoms with Crippen molar-refractivity contribution < 1.29 is 18.7 Å². The van der Waals surface area contributed by atoms with E-state index in [1.807, 2.05) is 24.0 Å². The molecule has 0 radical (unpaired) electrons. The average molecular weight is 421 g/mol. The molecular formula is C22H36N4O4. The van der Waals surface area contributed by atoms with E-state index in [0.717, 1.165) is 89.9 Å². The van der Waals surface area contributed by atoms with Gasteiger partial charge in [0.05, 0.1) is 19.5 Å². The minimum absolute atomic E-state index is 0.113. The molecule has 0 unspecified atom stereocenters. The standard InChI is InChI=1S/C22H36N4O4/c1-2-28-15-4-9-23-22(24-10-6-20-5-3-16-30-20)26-11-7-19(8-12-26)21(27)25-13-17-29-18-14-25/h3,5,16,19H,2,4,6-15,17-18H2,1H3,(H,23,24). The number of likely N-dealkylation sites (tertiary alicyclic amines) is 1. The summed E-state index contributed by atoms with van der Waals surface area (Å²) in [6, 6.07) is 3.90. The summed E-state index contributed by atoms with van der Waals surface area (Å²) in [5.74, 6) is 2.30. The van der Waals surface area contributed by atoms with Crippen molar-refractivity contribution in [1.82, 2.24) is 15.1 Å². The monoisotopic (exact) mass is 420 g/mol. The summed E-state index contributed by atoms with van der Waals surface area (Å²) >= 11 is 0. The summed E-state index contributed by atoms with van der Waals surface area (Å²) in [5.41, 5.74) is 0. The van der Waals surface area contributed by atoms with E-state index in [1.54, 1.807) is 6.26 Å². The van der Waals surface area contributed by atoms with Gasteiger partial charge >= 0.3 is 0 Å². The number of aliphatic imine (C=N–C) groups is 1. The van der Waals surface area contributed by atoms with Crippen LogP contribution in [-0.4, -0.2) is 87.4 Å². The zero-order chi connectivity index (χ0) is 21.0. The van der Waals surface area contributed by atoms with E-state index in [2.05, 4.69) is 10.2 Å². The van der Waals surface area contributed by atoms with Gasteiger partial charge in [0, 0.05) is 64.8 Å². The van der Waals surface area contributed by atoms with Gasteiger partial charge in [0.2, 0.25) is 5.91 Å². The first kappa shape index (κ1) is 22.6. The first-order valence-corrected chi connectivity index (χ1v) is 11.3. The molecule has 1 aromatic heterocycles. The van der Waals surface area contributed by atoms with Crippen LogP contribution in [0.5, 0.6) is 0 Å². The molecular weight excluding hydrogens is 384 g/mol. The van der Waals surface area contributed by atoms with Gasteiger partial charge in [0.15, 0.2) is 5.96 Å². The number of rotatable bonds is 9. The molecule has 8 nitrogen and oxygen atoms in total. The van der Waals surface area contributed by atoms with E-state index in [0.29, 0.717) is 19.1 Å². The van der Waals surface area contributed by atoms with Gasteiger partial charge in [-0.15, -0.1) is 0 Å². The Morgan fingerprint density at radius 1 is 1.23 bits per heavy atom. The normalized spacial score (nSPS) is 18.6. The number of amides is 1. The lowest BCUT2D eigenvalue weighted by Gasteiger charge is -2.36. The zero-order valence-corrected chi connectivity index (χ0v) is 18.2. The Hall–Kier alpha value is -2.06. The fourth-order valence-electron chi connectivity index (χ4n) is 3.90. The lowest BCUT2D eigenvalue weighted by Crippen LogP contribution is -2.50. The minimum Gasteiger partial charge on any atom is -0.469 e. The number of carbonyl (C=O) groups is 1. The maximum Gasteiger partial charge on any atom is 0.225 e. The number of ether oxygens (including phenoxy) is 2. The van der Waals surface area contributed by atoms with Crippen LogP contribution < -0.4 is 5.32 Å². The molecule has 0 saturated carbocycles.